The van der Waals surface area contributed by atoms with E-state index in [0.29, 0.717) is 6.04 Å². The number of fused-ring (bicyclic) bond motifs is 4. The van der Waals surface area contributed by atoms with Gasteiger partial charge in [-0.1, -0.05) is 31.0 Å². The van der Waals surface area contributed by atoms with Gasteiger partial charge in [-0.15, -0.1) is 11.3 Å². The zero-order chi connectivity index (χ0) is 16.5. The van der Waals surface area contributed by atoms with Crippen LogP contribution in [0, 0.1) is 6.92 Å². The van der Waals surface area contributed by atoms with E-state index in [1.807, 2.05) is 11.3 Å². The van der Waals surface area contributed by atoms with E-state index in [2.05, 4.69) is 66.1 Å². The highest BCUT2D eigenvalue weighted by Crippen LogP contribution is 2.59. The Balaban J connectivity index is 1.82. The van der Waals surface area contributed by atoms with Crippen molar-refractivity contribution in [1.82, 2.24) is 4.57 Å². The van der Waals surface area contributed by atoms with Crippen LogP contribution in [0.2, 0.25) is 0 Å². The Hall–Kier alpha value is -1.74. The topological polar surface area (TPSA) is 8.17 Å². The minimum absolute atomic E-state index is 0.189. The third-order valence-corrected chi connectivity index (χ3v) is 7.33. The van der Waals surface area contributed by atoms with E-state index in [9.17, 15) is 0 Å². The molecule has 1 aromatic carbocycles. The third-order valence-electron chi connectivity index (χ3n) is 6.34. The molecule has 2 aliphatic rings. The summed E-state index contributed by atoms with van der Waals surface area (Å²) in [6.07, 6.45) is 5.24. The highest BCUT2D eigenvalue weighted by atomic mass is 32.1. The fraction of sp³-hybridized carbons (Fsp3) is 0.429. The third kappa shape index (κ3) is 1.61. The molecule has 1 fully saturated rings. The van der Waals surface area contributed by atoms with Gasteiger partial charge in [0.15, 0.2) is 0 Å². The molecule has 3 heterocycles. The summed E-state index contributed by atoms with van der Waals surface area (Å²) >= 11 is 1.89. The lowest BCUT2D eigenvalue weighted by Gasteiger charge is -2.41. The van der Waals surface area contributed by atoms with Crippen LogP contribution in [0.15, 0.2) is 35.7 Å². The first kappa shape index (κ1) is 14.6. The minimum atomic E-state index is 0.189. The van der Waals surface area contributed by atoms with Crippen molar-refractivity contribution in [1.29, 1.82) is 0 Å². The molecule has 5 rings (SSSR count). The number of hydrogen-bond donors (Lipinski definition) is 0. The second kappa shape index (κ2) is 4.89. The molecule has 0 bridgehead atoms. The summed E-state index contributed by atoms with van der Waals surface area (Å²) in [7, 11) is 2.28. The van der Waals surface area contributed by atoms with Crippen molar-refractivity contribution in [2.45, 2.75) is 51.1 Å². The van der Waals surface area contributed by atoms with E-state index in [4.69, 9.17) is 0 Å². The van der Waals surface area contributed by atoms with Gasteiger partial charge in [0, 0.05) is 23.7 Å². The molecular weight excluding hydrogens is 312 g/mol. The van der Waals surface area contributed by atoms with Crippen LogP contribution in [-0.4, -0.2) is 4.57 Å². The van der Waals surface area contributed by atoms with E-state index >= 15 is 0 Å². The maximum atomic E-state index is 2.76. The molecule has 2 nitrogen and oxygen atoms in total. The molecular formula is C21H24N2S. The van der Waals surface area contributed by atoms with Crippen LogP contribution in [0.3, 0.4) is 0 Å². The number of benzene rings is 1. The second-order valence-corrected chi connectivity index (χ2v) is 8.43. The molecule has 3 heteroatoms. The first-order chi connectivity index (χ1) is 11.6. The Morgan fingerprint density at radius 1 is 1.12 bits per heavy atom. The van der Waals surface area contributed by atoms with Gasteiger partial charge in [0.05, 0.1) is 17.3 Å². The molecule has 0 saturated heterocycles. The van der Waals surface area contributed by atoms with Gasteiger partial charge in [0.2, 0.25) is 0 Å². The van der Waals surface area contributed by atoms with Crippen molar-refractivity contribution in [3.63, 3.8) is 0 Å². The summed E-state index contributed by atoms with van der Waals surface area (Å²) in [4.78, 5) is 4.21. The number of aromatic nitrogens is 1. The SMILES string of the molecule is Cc1ccccc1N1[C@@H](C)c2c(n(C)c3sccc23)C12CCCC2. The van der Waals surface area contributed by atoms with Crippen molar-refractivity contribution >= 4 is 27.2 Å². The Bertz CT molecular complexity index is 927. The normalized spacial score (nSPS) is 22.0. The van der Waals surface area contributed by atoms with Crippen LogP contribution in [0.4, 0.5) is 5.69 Å². The van der Waals surface area contributed by atoms with Crippen molar-refractivity contribution in [3.8, 4) is 0 Å². The van der Waals surface area contributed by atoms with Gasteiger partial charge in [-0.3, -0.25) is 0 Å². The number of thiophene rings is 1. The summed E-state index contributed by atoms with van der Waals surface area (Å²) in [6, 6.07) is 11.7. The molecule has 1 spiro atoms. The molecule has 0 amide bonds. The van der Waals surface area contributed by atoms with E-state index in [1.54, 1.807) is 11.3 Å². The monoisotopic (exact) mass is 336 g/mol. The van der Waals surface area contributed by atoms with Crippen molar-refractivity contribution in [3.05, 3.63) is 52.5 Å². The Morgan fingerprint density at radius 3 is 2.62 bits per heavy atom. The first-order valence-electron chi connectivity index (χ1n) is 9.06. The van der Waals surface area contributed by atoms with Gasteiger partial charge in [0.1, 0.15) is 4.83 Å². The zero-order valence-corrected chi connectivity index (χ0v) is 15.5. The maximum Gasteiger partial charge on any atom is 0.103 e. The molecule has 1 atom stereocenters. The Morgan fingerprint density at radius 2 is 1.88 bits per heavy atom. The van der Waals surface area contributed by atoms with Gasteiger partial charge >= 0.3 is 0 Å². The summed E-state index contributed by atoms with van der Waals surface area (Å²) < 4.78 is 2.51. The lowest BCUT2D eigenvalue weighted by molar-refractivity contribution is 0.398. The zero-order valence-electron chi connectivity index (χ0n) is 14.7. The number of hydrogen-bond acceptors (Lipinski definition) is 2. The molecule has 0 radical (unpaired) electrons. The number of para-hydroxylation sites is 1. The summed E-state index contributed by atoms with van der Waals surface area (Å²) in [5.41, 5.74) is 6.18. The fourth-order valence-corrected chi connectivity index (χ4v) is 6.37. The molecule has 124 valence electrons. The maximum absolute atomic E-state index is 2.76. The Kier molecular flexibility index (Phi) is 2.97. The number of anilines is 1. The molecule has 1 aliphatic carbocycles. The first-order valence-corrected chi connectivity index (χ1v) is 9.94. The van der Waals surface area contributed by atoms with Gasteiger partial charge in [-0.05, 0) is 49.8 Å². The van der Waals surface area contributed by atoms with Gasteiger partial charge in [-0.2, -0.15) is 0 Å². The molecule has 1 aliphatic heterocycles. The second-order valence-electron chi connectivity index (χ2n) is 7.53. The lowest BCUT2D eigenvalue weighted by atomic mass is 9.92. The van der Waals surface area contributed by atoms with Gasteiger partial charge in [-0.25, -0.2) is 0 Å². The van der Waals surface area contributed by atoms with E-state index in [-0.39, 0.29) is 5.54 Å². The van der Waals surface area contributed by atoms with Crippen molar-refractivity contribution in [2.24, 2.45) is 7.05 Å². The Labute approximate surface area is 147 Å². The largest absolute Gasteiger partial charge is 0.353 e. The van der Waals surface area contributed by atoms with Crippen LogP contribution >= 0.6 is 11.3 Å². The number of aryl methyl sites for hydroxylation is 2. The standard InChI is InChI=1S/C21H24N2S/c1-14-8-4-5-9-17(14)23-15(2)18-16-10-13-24-20(16)22(3)19(18)21(23)11-6-7-12-21/h4-5,8-10,13,15H,6-7,11-12H2,1-3H3/t15-/m0/s1. The van der Waals surface area contributed by atoms with Crippen LogP contribution in [-0.2, 0) is 12.6 Å². The highest BCUT2D eigenvalue weighted by Gasteiger charge is 2.53. The number of rotatable bonds is 1. The van der Waals surface area contributed by atoms with Gasteiger partial charge < -0.3 is 9.47 Å². The summed E-state index contributed by atoms with van der Waals surface area (Å²) in [5.74, 6) is 0. The highest BCUT2D eigenvalue weighted by molar-refractivity contribution is 7.16. The minimum Gasteiger partial charge on any atom is -0.353 e. The molecule has 2 aromatic heterocycles. The summed E-state index contributed by atoms with van der Waals surface area (Å²) in [6.45, 7) is 4.67. The van der Waals surface area contributed by atoms with Crippen LogP contribution in [0.25, 0.3) is 10.2 Å². The average molecular weight is 337 g/mol. The predicted molar refractivity (Wildman–Crippen MR) is 103 cm³/mol. The number of nitrogens with zero attached hydrogens (tertiary/aromatic N) is 2. The molecule has 1 saturated carbocycles. The average Bonchev–Trinajstić information content (AvgIpc) is 3.30. The lowest BCUT2D eigenvalue weighted by Crippen LogP contribution is -2.41. The van der Waals surface area contributed by atoms with Crippen LogP contribution < -0.4 is 4.90 Å². The predicted octanol–water partition coefficient (Wildman–Crippen LogP) is 5.90. The smallest absolute Gasteiger partial charge is 0.103 e. The quantitative estimate of drug-likeness (QED) is 0.537. The van der Waals surface area contributed by atoms with Crippen molar-refractivity contribution in [2.75, 3.05) is 4.90 Å². The fourth-order valence-electron chi connectivity index (χ4n) is 5.49. The van der Waals surface area contributed by atoms with Crippen LogP contribution in [0.1, 0.15) is 55.5 Å². The molecule has 24 heavy (non-hydrogen) atoms. The van der Waals surface area contributed by atoms with Crippen LogP contribution in [0.5, 0.6) is 0 Å². The van der Waals surface area contributed by atoms with E-state index < -0.39 is 0 Å². The molecule has 0 N–H and O–H groups in total. The van der Waals surface area contributed by atoms with Gasteiger partial charge in [0.25, 0.3) is 0 Å². The molecule has 0 unspecified atom stereocenters. The van der Waals surface area contributed by atoms with Crippen molar-refractivity contribution < 1.29 is 0 Å². The van der Waals surface area contributed by atoms with E-state index in [0.717, 1.165) is 0 Å². The summed E-state index contributed by atoms with van der Waals surface area (Å²) in [5, 5.41) is 3.72. The van der Waals surface area contributed by atoms with E-state index in [1.165, 1.54) is 47.2 Å². The molecule has 3 aromatic rings.